The number of anilines is 1. The predicted molar refractivity (Wildman–Crippen MR) is 84.2 cm³/mol. The monoisotopic (exact) mass is 287 g/mol. The van der Waals surface area contributed by atoms with E-state index >= 15 is 0 Å². The first-order chi connectivity index (χ1) is 10.2. The topological polar surface area (TPSA) is 50.7 Å². The molecular weight excluding hydrogens is 266 g/mol. The van der Waals surface area contributed by atoms with E-state index in [1.807, 2.05) is 55.5 Å². The van der Waals surface area contributed by atoms with E-state index in [-0.39, 0.29) is 6.61 Å². The molecule has 0 saturated heterocycles. The minimum atomic E-state index is -0.576. The number of benzene rings is 2. The average Bonchev–Trinajstić information content (AvgIpc) is 2.51. The van der Waals surface area contributed by atoms with Gasteiger partial charge in [0.25, 0.3) is 0 Å². The summed E-state index contributed by atoms with van der Waals surface area (Å²) in [7, 11) is 1.63. The second-order valence-corrected chi connectivity index (χ2v) is 4.89. The van der Waals surface area contributed by atoms with E-state index in [0.29, 0.717) is 6.54 Å². The second-order valence-electron chi connectivity index (χ2n) is 4.89. The Bertz CT molecular complexity index is 554. The number of hydrogen-bond acceptors (Lipinski definition) is 4. The molecule has 0 bridgehead atoms. The second kappa shape index (κ2) is 7.55. The van der Waals surface area contributed by atoms with E-state index < -0.39 is 6.10 Å². The largest absolute Gasteiger partial charge is 0.497 e. The van der Waals surface area contributed by atoms with Crippen LogP contribution < -0.4 is 14.8 Å². The summed E-state index contributed by atoms with van der Waals surface area (Å²) < 4.78 is 10.7. The Morgan fingerprint density at radius 3 is 2.52 bits per heavy atom. The first kappa shape index (κ1) is 15.2. The minimum Gasteiger partial charge on any atom is -0.497 e. The zero-order valence-electron chi connectivity index (χ0n) is 12.4. The zero-order chi connectivity index (χ0) is 15.1. The smallest absolute Gasteiger partial charge is 0.119 e. The van der Waals surface area contributed by atoms with Gasteiger partial charge in [-0.15, -0.1) is 0 Å². The van der Waals surface area contributed by atoms with Crippen molar-refractivity contribution in [1.82, 2.24) is 0 Å². The fourth-order valence-electron chi connectivity index (χ4n) is 1.90. The van der Waals surface area contributed by atoms with Crippen LogP contribution in [-0.2, 0) is 0 Å². The van der Waals surface area contributed by atoms with Crippen LogP contribution in [0.25, 0.3) is 0 Å². The number of methoxy groups -OCH3 is 1. The van der Waals surface area contributed by atoms with Crippen LogP contribution in [0.15, 0.2) is 48.5 Å². The third-order valence-electron chi connectivity index (χ3n) is 3.06. The highest BCUT2D eigenvalue weighted by Gasteiger charge is 2.05. The molecule has 0 heterocycles. The lowest BCUT2D eigenvalue weighted by molar-refractivity contribution is 0.117. The van der Waals surface area contributed by atoms with E-state index in [0.717, 1.165) is 22.7 Å². The summed E-state index contributed by atoms with van der Waals surface area (Å²) in [6.45, 7) is 2.69. The molecule has 0 saturated carbocycles. The first-order valence-electron chi connectivity index (χ1n) is 6.93. The van der Waals surface area contributed by atoms with Crippen molar-refractivity contribution in [2.24, 2.45) is 0 Å². The van der Waals surface area contributed by atoms with Crippen LogP contribution in [-0.4, -0.2) is 31.5 Å². The molecule has 1 unspecified atom stereocenters. The van der Waals surface area contributed by atoms with Crippen LogP contribution in [0.1, 0.15) is 5.56 Å². The lowest BCUT2D eigenvalue weighted by Gasteiger charge is -2.14. The third-order valence-corrected chi connectivity index (χ3v) is 3.06. The van der Waals surface area contributed by atoms with Crippen LogP contribution in [0, 0.1) is 6.92 Å². The molecule has 112 valence electrons. The highest BCUT2D eigenvalue weighted by molar-refractivity contribution is 5.46. The van der Waals surface area contributed by atoms with Crippen LogP contribution in [0.5, 0.6) is 11.5 Å². The molecule has 2 N–H and O–H groups in total. The lowest BCUT2D eigenvalue weighted by Crippen LogP contribution is -2.26. The fourth-order valence-corrected chi connectivity index (χ4v) is 1.90. The SMILES string of the molecule is COc1ccc(NCC(O)COc2cccc(C)c2)cc1. The highest BCUT2D eigenvalue weighted by atomic mass is 16.5. The summed E-state index contributed by atoms with van der Waals surface area (Å²) in [5.74, 6) is 1.59. The third kappa shape index (κ3) is 5.00. The van der Waals surface area contributed by atoms with E-state index in [1.165, 1.54) is 0 Å². The number of ether oxygens (including phenoxy) is 2. The molecule has 0 aromatic heterocycles. The van der Waals surface area contributed by atoms with Crippen molar-refractivity contribution in [3.8, 4) is 11.5 Å². The molecule has 0 aliphatic rings. The van der Waals surface area contributed by atoms with Crippen molar-refractivity contribution < 1.29 is 14.6 Å². The number of rotatable bonds is 7. The van der Waals surface area contributed by atoms with Gasteiger partial charge in [-0.3, -0.25) is 0 Å². The van der Waals surface area contributed by atoms with E-state index in [1.54, 1.807) is 7.11 Å². The molecule has 2 aromatic rings. The van der Waals surface area contributed by atoms with Gasteiger partial charge in [0.15, 0.2) is 0 Å². The predicted octanol–water partition coefficient (Wildman–Crippen LogP) is 2.86. The Balaban J connectivity index is 1.75. The van der Waals surface area contributed by atoms with Crippen molar-refractivity contribution in [3.05, 3.63) is 54.1 Å². The van der Waals surface area contributed by atoms with E-state index in [2.05, 4.69) is 5.32 Å². The maximum absolute atomic E-state index is 9.93. The molecule has 0 fully saturated rings. The van der Waals surface area contributed by atoms with Crippen LogP contribution in [0.3, 0.4) is 0 Å². The molecule has 1 atom stereocenters. The van der Waals surface area contributed by atoms with Gasteiger partial charge >= 0.3 is 0 Å². The van der Waals surface area contributed by atoms with Crippen molar-refractivity contribution >= 4 is 5.69 Å². The van der Waals surface area contributed by atoms with Crippen LogP contribution in [0.4, 0.5) is 5.69 Å². The van der Waals surface area contributed by atoms with Gasteiger partial charge in [0.05, 0.1) is 7.11 Å². The van der Waals surface area contributed by atoms with Gasteiger partial charge in [-0.25, -0.2) is 0 Å². The Morgan fingerprint density at radius 2 is 1.86 bits per heavy atom. The van der Waals surface area contributed by atoms with Gasteiger partial charge in [0, 0.05) is 12.2 Å². The Labute approximate surface area is 125 Å². The Hall–Kier alpha value is -2.20. The Kier molecular flexibility index (Phi) is 5.46. The molecule has 2 rings (SSSR count). The lowest BCUT2D eigenvalue weighted by atomic mass is 10.2. The molecule has 4 nitrogen and oxygen atoms in total. The number of aliphatic hydroxyl groups excluding tert-OH is 1. The molecule has 0 aliphatic carbocycles. The molecule has 0 radical (unpaired) electrons. The normalized spacial score (nSPS) is 11.8. The maximum Gasteiger partial charge on any atom is 0.119 e. The maximum atomic E-state index is 9.93. The Morgan fingerprint density at radius 1 is 1.10 bits per heavy atom. The first-order valence-corrected chi connectivity index (χ1v) is 6.93. The van der Waals surface area contributed by atoms with E-state index in [4.69, 9.17) is 9.47 Å². The standard InChI is InChI=1S/C17H21NO3/c1-13-4-3-5-17(10-13)21-12-15(19)11-18-14-6-8-16(20-2)9-7-14/h3-10,15,18-19H,11-12H2,1-2H3. The van der Waals surface area contributed by atoms with Crippen LogP contribution in [0.2, 0.25) is 0 Å². The highest BCUT2D eigenvalue weighted by Crippen LogP contribution is 2.15. The molecule has 2 aromatic carbocycles. The molecule has 0 amide bonds. The number of aliphatic hydroxyl groups is 1. The van der Waals surface area contributed by atoms with Crippen molar-refractivity contribution in [1.29, 1.82) is 0 Å². The van der Waals surface area contributed by atoms with Crippen molar-refractivity contribution in [3.63, 3.8) is 0 Å². The summed E-state index contributed by atoms with van der Waals surface area (Å²) >= 11 is 0. The molecule has 0 spiro atoms. The number of hydrogen-bond donors (Lipinski definition) is 2. The fraction of sp³-hybridized carbons (Fsp3) is 0.294. The van der Waals surface area contributed by atoms with Crippen molar-refractivity contribution in [2.45, 2.75) is 13.0 Å². The van der Waals surface area contributed by atoms with Gasteiger partial charge in [0.2, 0.25) is 0 Å². The summed E-state index contributed by atoms with van der Waals surface area (Å²) in [6, 6.07) is 15.3. The molecule has 0 aliphatic heterocycles. The summed E-state index contributed by atoms with van der Waals surface area (Å²) in [6.07, 6.45) is -0.576. The zero-order valence-corrected chi connectivity index (χ0v) is 12.4. The summed E-state index contributed by atoms with van der Waals surface area (Å²) in [4.78, 5) is 0. The molecule has 21 heavy (non-hydrogen) atoms. The minimum absolute atomic E-state index is 0.257. The summed E-state index contributed by atoms with van der Waals surface area (Å²) in [5.41, 5.74) is 2.07. The van der Waals surface area contributed by atoms with Gasteiger partial charge < -0.3 is 19.9 Å². The van der Waals surface area contributed by atoms with Gasteiger partial charge in [0.1, 0.15) is 24.2 Å². The van der Waals surface area contributed by atoms with Gasteiger partial charge in [-0.2, -0.15) is 0 Å². The molecular formula is C17H21NO3. The van der Waals surface area contributed by atoms with E-state index in [9.17, 15) is 5.11 Å². The summed E-state index contributed by atoms with van der Waals surface area (Å²) in [5, 5.41) is 13.1. The molecule has 4 heteroatoms. The number of nitrogens with one attached hydrogen (secondary N) is 1. The van der Waals surface area contributed by atoms with Crippen LogP contribution >= 0.6 is 0 Å². The van der Waals surface area contributed by atoms with Crippen molar-refractivity contribution in [2.75, 3.05) is 25.6 Å². The number of aryl methyl sites for hydroxylation is 1. The average molecular weight is 287 g/mol. The quantitative estimate of drug-likeness (QED) is 0.822. The van der Waals surface area contributed by atoms with Gasteiger partial charge in [-0.05, 0) is 48.9 Å². The van der Waals surface area contributed by atoms with Gasteiger partial charge in [-0.1, -0.05) is 12.1 Å².